The molecular weight excluding hydrogens is 344 g/mol. The summed E-state index contributed by atoms with van der Waals surface area (Å²) in [5.41, 5.74) is 2.33. The second-order valence-electron chi connectivity index (χ2n) is 7.71. The first-order valence-corrected chi connectivity index (χ1v) is 9.71. The van der Waals surface area contributed by atoms with Crippen LogP contribution in [0.4, 0.5) is 10.5 Å². The molecule has 1 unspecified atom stereocenters. The van der Waals surface area contributed by atoms with E-state index in [1.54, 1.807) is 0 Å². The van der Waals surface area contributed by atoms with Crippen LogP contribution in [-0.4, -0.2) is 71.7 Å². The summed E-state index contributed by atoms with van der Waals surface area (Å²) in [4.78, 5) is 29.9. The summed E-state index contributed by atoms with van der Waals surface area (Å²) >= 11 is 0. The first-order valence-electron chi connectivity index (χ1n) is 9.71. The maximum absolute atomic E-state index is 12.9. The summed E-state index contributed by atoms with van der Waals surface area (Å²) in [5, 5.41) is 12.1. The highest BCUT2D eigenvalue weighted by Gasteiger charge is 2.36. The Labute approximate surface area is 160 Å². The molecule has 27 heavy (non-hydrogen) atoms. The van der Waals surface area contributed by atoms with Gasteiger partial charge in [-0.2, -0.15) is 0 Å². The van der Waals surface area contributed by atoms with Crippen LogP contribution in [0.3, 0.4) is 0 Å². The molecule has 0 radical (unpaired) electrons. The van der Waals surface area contributed by atoms with Gasteiger partial charge in [-0.15, -0.1) is 0 Å². The van der Waals surface area contributed by atoms with Gasteiger partial charge < -0.3 is 20.2 Å². The second-order valence-corrected chi connectivity index (χ2v) is 7.71. The van der Waals surface area contributed by atoms with E-state index >= 15 is 0 Å². The first-order chi connectivity index (χ1) is 12.9. The Morgan fingerprint density at radius 2 is 2.00 bits per heavy atom. The lowest BCUT2D eigenvalue weighted by Gasteiger charge is -2.43. The number of amides is 2. The average Bonchev–Trinajstić information content (AvgIpc) is 2.72. The zero-order valence-corrected chi connectivity index (χ0v) is 16.4. The number of fused-ring (bicyclic) bond motifs is 1. The number of nitrogens with zero attached hydrogens (tertiary/aromatic N) is 3. The van der Waals surface area contributed by atoms with Crippen molar-refractivity contribution in [3.8, 4) is 0 Å². The number of likely N-dealkylation sites (N-methyl/N-ethyl adjacent to an activating group) is 2. The van der Waals surface area contributed by atoms with Gasteiger partial charge in [0.25, 0.3) is 0 Å². The largest absolute Gasteiger partial charge is 0.480 e. The molecule has 0 bridgehead atoms. The summed E-state index contributed by atoms with van der Waals surface area (Å²) in [7, 11) is 2.06. The van der Waals surface area contributed by atoms with Crippen LogP contribution in [0.2, 0.25) is 0 Å². The molecule has 0 spiro atoms. The Morgan fingerprint density at radius 3 is 2.67 bits per heavy atom. The third kappa shape index (κ3) is 4.35. The van der Waals surface area contributed by atoms with Gasteiger partial charge in [0.05, 0.1) is 6.54 Å². The molecule has 148 valence electrons. The minimum absolute atomic E-state index is 0.0302. The van der Waals surface area contributed by atoms with Crippen molar-refractivity contribution in [1.82, 2.24) is 15.1 Å². The smallest absolute Gasteiger partial charge is 0.318 e. The van der Waals surface area contributed by atoms with Crippen LogP contribution in [0.25, 0.3) is 0 Å². The van der Waals surface area contributed by atoms with Gasteiger partial charge >= 0.3 is 12.0 Å². The molecule has 3 rings (SSSR count). The Bertz CT molecular complexity index is 690. The van der Waals surface area contributed by atoms with Gasteiger partial charge in [-0.25, -0.2) is 4.79 Å². The topological polar surface area (TPSA) is 76.1 Å². The van der Waals surface area contributed by atoms with Crippen molar-refractivity contribution < 1.29 is 14.7 Å². The molecule has 2 aliphatic rings. The number of hydrogen-bond acceptors (Lipinski definition) is 4. The maximum atomic E-state index is 12.9. The molecular formula is C20H30N4O3. The van der Waals surface area contributed by atoms with Crippen LogP contribution < -0.4 is 10.2 Å². The monoisotopic (exact) mass is 374 g/mol. The third-order valence-electron chi connectivity index (χ3n) is 5.78. The van der Waals surface area contributed by atoms with E-state index in [1.807, 2.05) is 28.9 Å². The van der Waals surface area contributed by atoms with Crippen molar-refractivity contribution in [2.45, 2.75) is 51.4 Å². The minimum Gasteiger partial charge on any atom is -0.480 e. The number of aliphatic carboxylic acids is 1. The van der Waals surface area contributed by atoms with E-state index in [0.29, 0.717) is 13.1 Å². The van der Waals surface area contributed by atoms with E-state index in [9.17, 15) is 9.59 Å². The van der Waals surface area contributed by atoms with Crippen LogP contribution in [0.15, 0.2) is 24.3 Å². The number of nitrogens with one attached hydrogen (secondary N) is 1. The second kappa shape index (κ2) is 8.17. The van der Waals surface area contributed by atoms with E-state index in [1.165, 1.54) is 5.69 Å². The molecule has 0 aromatic heterocycles. The minimum atomic E-state index is -0.800. The molecule has 1 aromatic rings. The highest BCUT2D eigenvalue weighted by Crippen LogP contribution is 2.28. The van der Waals surface area contributed by atoms with Crippen LogP contribution in [0.5, 0.6) is 0 Å². The highest BCUT2D eigenvalue weighted by molar-refractivity contribution is 5.76. The Kier molecular flexibility index (Phi) is 5.89. The molecule has 1 saturated carbocycles. The van der Waals surface area contributed by atoms with Crippen molar-refractivity contribution in [2.75, 3.05) is 31.6 Å². The van der Waals surface area contributed by atoms with Crippen LogP contribution in [0.1, 0.15) is 32.3 Å². The Morgan fingerprint density at radius 1 is 1.30 bits per heavy atom. The van der Waals surface area contributed by atoms with E-state index in [2.05, 4.69) is 36.3 Å². The summed E-state index contributed by atoms with van der Waals surface area (Å²) in [6, 6.07) is 8.65. The number of anilines is 1. The Balaban J connectivity index is 1.58. The molecule has 1 heterocycles. The summed E-state index contributed by atoms with van der Waals surface area (Å²) in [5.74, 6) is -0.800. The van der Waals surface area contributed by atoms with Crippen LogP contribution in [-0.2, 0) is 11.3 Å². The fourth-order valence-electron chi connectivity index (χ4n) is 4.16. The molecule has 2 amide bonds. The highest BCUT2D eigenvalue weighted by atomic mass is 16.4. The number of rotatable bonds is 5. The van der Waals surface area contributed by atoms with Gasteiger partial charge in [0, 0.05) is 44.0 Å². The van der Waals surface area contributed by atoms with Gasteiger partial charge in [-0.3, -0.25) is 9.69 Å². The van der Waals surface area contributed by atoms with Crippen LogP contribution in [0, 0.1) is 0 Å². The van der Waals surface area contributed by atoms with Crippen LogP contribution >= 0.6 is 0 Å². The lowest BCUT2D eigenvalue weighted by atomic mass is 9.85. The lowest BCUT2D eigenvalue weighted by Crippen LogP contribution is -2.57. The zero-order valence-electron chi connectivity index (χ0n) is 16.4. The van der Waals surface area contributed by atoms with Crippen molar-refractivity contribution in [3.63, 3.8) is 0 Å². The summed E-state index contributed by atoms with van der Waals surface area (Å²) in [6.45, 7) is 6.22. The molecule has 1 aliphatic carbocycles. The fourth-order valence-corrected chi connectivity index (χ4v) is 4.16. The number of carboxylic acids is 1. The number of hydrogen-bond donors (Lipinski definition) is 2. The molecule has 1 aromatic carbocycles. The molecule has 1 aliphatic heterocycles. The molecule has 7 heteroatoms. The predicted octanol–water partition coefficient (Wildman–Crippen LogP) is 1.97. The maximum Gasteiger partial charge on any atom is 0.318 e. The summed E-state index contributed by atoms with van der Waals surface area (Å²) < 4.78 is 0. The number of carboxylic acid groups (broad SMARTS) is 1. The van der Waals surface area contributed by atoms with Gasteiger partial charge in [-0.05, 0) is 37.9 Å². The molecule has 1 fully saturated rings. The van der Waals surface area contributed by atoms with Crippen molar-refractivity contribution in [1.29, 1.82) is 0 Å². The van der Waals surface area contributed by atoms with Gasteiger partial charge in [-0.1, -0.05) is 25.1 Å². The average molecular weight is 374 g/mol. The van der Waals surface area contributed by atoms with E-state index in [4.69, 9.17) is 5.11 Å². The standard InChI is InChI=1S/C20H30N4O3/c1-4-23(13-19(25)26)17-9-16(10-17)21-20(27)24-12-15-7-5-6-8-18(15)22(3)11-14(24)2/h5-8,14,16-17H,4,9-13H2,1-3H3,(H,21,27)(H,25,26). The molecule has 1 atom stereocenters. The third-order valence-corrected chi connectivity index (χ3v) is 5.78. The quantitative estimate of drug-likeness (QED) is 0.824. The summed E-state index contributed by atoms with van der Waals surface area (Å²) in [6.07, 6.45) is 1.62. The number of carbonyl (C=O) groups is 2. The molecule has 0 saturated heterocycles. The number of urea groups is 1. The van der Waals surface area contributed by atoms with Crippen molar-refractivity contribution in [3.05, 3.63) is 29.8 Å². The van der Waals surface area contributed by atoms with E-state index in [-0.39, 0.29) is 30.7 Å². The lowest BCUT2D eigenvalue weighted by molar-refractivity contribution is -0.139. The zero-order chi connectivity index (χ0) is 19.6. The number of benzene rings is 1. The van der Waals surface area contributed by atoms with Gasteiger partial charge in [0.15, 0.2) is 0 Å². The number of carbonyl (C=O) groups excluding carboxylic acids is 1. The van der Waals surface area contributed by atoms with Gasteiger partial charge in [0.2, 0.25) is 0 Å². The SMILES string of the molecule is CCN(CC(=O)O)C1CC(NC(=O)N2Cc3ccccc3N(C)CC2C)C1. The van der Waals surface area contributed by atoms with E-state index < -0.39 is 5.97 Å². The molecule has 2 N–H and O–H groups in total. The number of para-hydroxylation sites is 1. The van der Waals surface area contributed by atoms with E-state index in [0.717, 1.165) is 24.9 Å². The van der Waals surface area contributed by atoms with Crippen molar-refractivity contribution in [2.24, 2.45) is 0 Å². The Hall–Kier alpha value is -2.28. The predicted molar refractivity (Wildman–Crippen MR) is 105 cm³/mol. The fraction of sp³-hybridized carbons (Fsp3) is 0.600. The normalized spacial score (nSPS) is 24.8. The van der Waals surface area contributed by atoms with Crippen molar-refractivity contribution >= 4 is 17.7 Å². The first kappa shape index (κ1) is 19.5. The molecule has 7 nitrogen and oxygen atoms in total. The van der Waals surface area contributed by atoms with Gasteiger partial charge in [0.1, 0.15) is 0 Å².